The molecule has 2 aromatic carbocycles. The number of benzene rings is 2. The summed E-state index contributed by atoms with van der Waals surface area (Å²) in [6, 6.07) is 15.0. The van der Waals surface area contributed by atoms with Crippen molar-refractivity contribution in [3.8, 4) is 17.1 Å². The average molecular weight is 444 g/mol. The topological polar surface area (TPSA) is 102 Å². The third kappa shape index (κ3) is 5.12. The van der Waals surface area contributed by atoms with Crippen molar-refractivity contribution < 1.29 is 22.5 Å². The summed E-state index contributed by atoms with van der Waals surface area (Å²) in [7, 11) is -1.96. The number of hydrogen-bond donors (Lipinski definition) is 1. The van der Waals surface area contributed by atoms with E-state index >= 15 is 0 Å². The lowest BCUT2D eigenvalue weighted by Crippen LogP contribution is -2.30. The number of rotatable bonds is 9. The molecule has 0 unspecified atom stereocenters. The Morgan fingerprint density at radius 3 is 2.29 bits per heavy atom. The van der Waals surface area contributed by atoms with Crippen LogP contribution in [0.3, 0.4) is 0 Å². The van der Waals surface area contributed by atoms with Gasteiger partial charge in [-0.05, 0) is 48.5 Å². The molecule has 0 saturated carbocycles. The fraction of sp³-hybridized carbons (Fsp3) is 0.273. The number of carbonyl (C=O) groups excluding carboxylic acids is 1. The molecular formula is C22H25N3O5S. The maximum atomic E-state index is 12.5. The van der Waals surface area contributed by atoms with E-state index < -0.39 is 10.0 Å². The highest BCUT2D eigenvalue weighted by Gasteiger charge is 2.21. The first-order chi connectivity index (χ1) is 14.9. The van der Waals surface area contributed by atoms with Gasteiger partial charge in [-0.25, -0.2) is 8.42 Å². The van der Waals surface area contributed by atoms with Crippen molar-refractivity contribution in [2.45, 2.75) is 25.3 Å². The standard InChI is InChI=1S/C22H25N3O5S/c1-4-25(5-2)31(27,28)20-12-8-17(9-13-20)22(26)23-15-18-14-21(30-24-18)16-6-10-19(29-3)11-7-16/h6-14H,4-5,15H2,1-3H3,(H,23,26). The Balaban J connectivity index is 1.63. The van der Waals surface area contributed by atoms with E-state index in [1.807, 2.05) is 24.3 Å². The second-order valence-electron chi connectivity index (χ2n) is 6.71. The third-order valence-electron chi connectivity index (χ3n) is 4.82. The highest BCUT2D eigenvalue weighted by molar-refractivity contribution is 7.89. The molecule has 3 aromatic rings. The molecule has 0 aliphatic heterocycles. The predicted octanol–water partition coefficient (Wildman–Crippen LogP) is 3.31. The van der Waals surface area contributed by atoms with Crippen LogP contribution in [-0.4, -0.2) is 44.0 Å². The number of aromatic nitrogens is 1. The molecule has 0 radical (unpaired) electrons. The molecular weight excluding hydrogens is 418 g/mol. The second-order valence-corrected chi connectivity index (χ2v) is 8.65. The number of ether oxygens (including phenoxy) is 1. The molecule has 31 heavy (non-hydrogen) atoms. The van der Waals surface area contributed by atoms with E-state index in [4.69, 9.17) is 9.26 Å². The minimum atomic E-state index is -3.56. The van der Waals surface area contributed by atoms with Gasteiger partial charge in [0.25, 0.3) is 5.91 Å². The normalized spacial score (nSPS) is 11.5. The summed E-state index contributed by atoms with van der Waals surface area (Å²) >= 11 is 0. The van der Waals surface area contributed by atoms with Gasteiger partial charge in [0.05, 0.1) is 18.6 Å². The molecule has 0 fully saturated rings. The first-order valence-corrected chi connectivity index (χ1v) is 11.3. The Morgan fingerprint density at radius 2 is 1.71 bits per heavy atom. The van der Waals surface area contributed by atoms with E-state index in [0.717, 1.165) is 11.3 Å². The number of methoxy groups -OCH3 is 1. The number of nitrogens with one attached hydrogen (secondary N) is 1. The van der Waals surface area contributed by atoms with Crippen molar-refractivity contribution in [2.24, 2.45) is 0 Å². The van der Waals surface area contributed by atoms with Gasteiger partial charge in [0.1, 0.15) is 11.4 Å². The molecule has 1 N–H and O–H groups in total. The van der Waals surface area contributed by atoms with Gasteiger partial charge in [-0.15, -0.1) is 0 Å². The molecule has 0 atom stereocenters. The zero-order valence-electron chi connectivity index (χ0n) is 17.7. The van der Waals surface area contributed by atoms with Crippen molar-refractivity contribution in [3.63, 3.8) is 0 Å². The van der Waals surface area contributed by atoms with Crippen LogP contribution < -0.4 is 10.1 Å². The lowest BCUT2D eigenvalue weighted by Gasteiger charge is -2.18. The lowest BCUT2D eigenvalue weighted by atomic mass is 10.1. The van der Waals surface area contributed by atoms with Crippen molar-refractivity contribution in [2.75, 3.05) is 20.2 Å². The number of sulfonamides is 1. The van der Waals surface area contributed by atoms with Crippen molar-refractivity contribution in [1.29, 1.82) is 0 Å². The molecule has 164 valence electrons. The SMILES string of the molecule is CCN(CC)S(=O)(=O)c1ccc(C(=O)NCc2cc(-c3ccc(OC)cc3)on2)cc1. The summed E-state index contributed by atoms with van der Waals surface area (Å²) in [6.07, 6.45) is 0. The lowest BCUT2D eigenvalue weighted by molar-refractivity contribution is 0.0950. The molecule has 0 aliphatic carbocycles. The zero-order chi connectivity index (χ0) is 22.4. The number of nitrogens with zero attached hydrogens (tertiary/aromatic N) is 2. The van der Waals surface area contributed by atoms with Gasteiger partial charge in [0.15, 0.2) is 5.76 Å². The highest BCUT2D eigenvalue weighted by atomic mass is 32.2. The Bertz CT molecular complexity index is 1120. The van der Waals surface area contributed by atoms with E-state index in [9.17, 15) is 13.2 Å². The van der Waals surface area contributed by atoms with Gasteiger partial charge in [0, 0.05) is 30.3 Å². The van der Waals surface area contributed by atoms with Gasteiger partial charge in [-0.1, -0.05) is 19.0 Å². The number of carbonyl (C=O) groups is 1. The van der Waals surface area contributed by atoms with Crippen LogP contribution in [0.15, 0.2) is 64.0 Å². The molecule has 9 heteroatoms. The summed E-state index contributed by atoms with van der Waals surface area (Å²) < 4.78 is 36.9. The van der Waals surface area contributed by atoms with E-state index in [0.29, 0.717) is 30.1 Å². The predicted molar refractivity (Wildman–Crippen MR) is 116 cm³/mol. The molecule has 8 nitrogen and oxygen atoms in total. The first kappa shape index (κ1) is 22.5. The van der Waals surface area contributed by atoms with E-state index in [1.54, 1.807) is 27.0 Å². The van der Waals surface area contributed by atoms with Crippen LogP contribution >= 0.6 is 0 Å². The van der Waals surface area contributed by atoms with Crippen molar-refractivity contribution in [3.05, 3.63) is 65.9 Å². The van der Waals surface area contributed by atoms with Crippen molar-refractivity contribution in [1.82, 2.24) is 14.8 Å². The first-order valence-electron chi connectivity index (χ1n) is 9.87. The van der Waals surface area contributed by atoms with E-state index in [1.165, 1.54) is 28.6 Å². The highest BCUT2D eigenvalue weighted by Crippen LogP contribution is 2.23. The molecule has 3 rings (SSSR count). The fourth-order valence-electron chi connectivity index (χ4n) is 3.05. The fourth-order valence-corrected chi connectivity index (χ4v) is 4.51. The van der Waals surface area contributed by atoms with Gasteiger partial charge in [-0.2, -0.15) is 4.31 Å². The van der Waals surface area contributed by atoms with Gasteiger partial charge in [-0.3, -0.25) is 4.79 Å². The van der Waals surface area contributed by atoms with Crippen LogP contribution in [0.4, 0.5) is 0 Å². The Morgan fingerprint density at radius 1 is 1.06 bits per heavy atom. The summed E-state index contributed by atoms with van der Waals surface area (Å²) in [4.78, 5) is 12.6. The van der Waals surface area contributed by atoms with E-state index in [2.05, 4.69) is 10.5 Å². The number of hydrogen-bond acceptors (Lipinski definition) is 6. The third-order valence-corrected chi connectivity index (χ3v) is 6.89. The van der Waals surface area contributed by atoms with Crippen LogP contribution in [-0.2, 0) is 16.6 Å². The minimum absolute atomic E-state index is 0.161. The Kier molecular flexibility index (Phi) is 7.09. The monoisotopic (exact) mass is 443 g/mol. The molecule has 1 amide bonds. The van der Waals surface area contributed by atoms with Crippen molar-refractivity contribution >= 4 is 15.9 Å². The van der Waals surface area contributed by atoms with E-state index in [-0.39, 0.29) is 17.3 Å². The molecule has 0 bridgehead atoms. The molecule has 0 aliphatic rings. The van der Waals surface area contributed by atoms with Gasteiger partial charge < -0.3 is 14.6 Å². The minimum Gasteiger partial charge on any atom is -0.497 e. The largest absolute Gasteiger partial charge is 0.497 e. The number of amides is 1. The molecule has 1 aromatic heterocycles. The maximum Gasteiger partial charge on any atom is 0.251 e. The van der Waals surface area contributed by atoms with Crippen LogP contribution in [0.25, 0.3) is 11.3 Å². The zero-order valence-corrected chi connectivity index (χ0v) is 18.5. The van der Waals surface area contributed by atoms with Crippen LogP contribution in [0.5, 0.6) is 5.75 Å². The molecule has 0 spiro atoms. The summed E-state index contributed by atoms with van der Waals surface area (Å²) in [5.74, 6) is 0.991. The van der Waals surface area contributed by atoms with Crippen LogP contribution in [0.1, 0.15) is 29.9 Å². The second kappa shape index (κ2) is 9.76. The smallest absolute Gasteiger partial charge is 0.251 e. The summed E-state index contributed by atoms with van der Waals surface area (Å²) in [5.41, 5.74) is 1.77. The van der Waals surface area contributed by atoms with Crippen LogP contribution in [0, 0.1) is 0 Å². The average Bonchev–Trinajstić information content (AvgIpc) is 3.27. The van der Waals surface area contributed by atoms with Crippen LogP contribution in [0.2, 0.25) is 0 Å². The molecule has 1 heterocycles. The Hall–Kier alpha value is -3.17. The summed E-state index contributed by atoms with van der Waals surface area (Å²) in [5, 5.41) is 6.74. The summed E-state index contributed by atoms with van der Waals surface area (Å²) in [6.45, 7) is 4.52. The van der Waals surface area contributed by atoms with Gasteiger partial charge in [0.2, 0.25) is 10.0 Å². The van der Waals surface area contributed by atoms with Gasteiger partial charge >= 0.3 is 0 Å². The maximum absolute atomic E-state index is 12.5. The molecule has 0 saturated heterocycles. The quantitative estimate of drug-likeness (QED) is 0.544. The Labute approximate surface area is 181 Å².